The Kier molecular flexibility index (Phi) is 4.06. The topological polar surface area (TPSA) is 49.3 Å². The Labute approximate surface area is 132 Å². The number of aromatic nitrogens is 2. The lowest BCUT2D eigenvalue weighted by molar-refractivity contribution is 0.217. The second-order valence-corrected chi connectivity index (χ2v) is 6.31. The van der Waals surface area contributed by atoms with Gasteiger partial charge in [-0.15, -0.1) is 0 Å². The van der Waals surface area contributed by atoms with Crippen LogP contribution in [-0.2, 0) is 0 Å². The van der Waals surface area contributed by atoms with Gasteiger partial charge in [-0.3, -0.25) is 9.88 Å². The van der Waals surface area contributed by atoms with Gasteiger partial charge in [0.05, 0.1) is 11.9 Å². The number of anilines is 1. The summed E-state index contributed by atoms with van der Waals surface area (Å²) in [6, 6.07) is 1.39. The van der Waals surface area contributed by atoms with Gasteiger partial charge in [0.25, 0.3) is 0 Å². The lowest BCUT2D eigenvalue weighted by atomic mass is 10.3. The number of carbonyl (C=O) groups excluding carboxylic acids is 1. The van der Waals surface area contributed by atoms with Gasteiger partial charge in [0.15, 0.2) is 0 Å². The van der Waals surface area contributed by atoms with Crippen molar-refractivity contribution in [3.63, 3.8) is 0 Å². The molecule has 0 spiro atoms. The normalized spacial score (nSPS) is 14.4. The average molecular weight is 320 g/mol. The molecule has 0 aromatic carbocycles. The van der Waals surface area contributed by atoms with Gasteiger partial charge in [-0.05, 0) is 25.8 Å². The molecule has 2 aromatic rings. The van der Waals surface area contributed by atoms with Gasteiger partial charge < -0.3 is 4.90 Å². The lowest BCUT2D eigenvalue weighted by Crippen LogP contribution is -2.39. The van der Waals surface area contributed by atoms with Crippen molar-refractivity contribution in [3.05, 3.63) is 30.0 Å². The van der Waals surface area contributed by atoms with Crippen LogP contribution in [-0.4, -0.2) is 41.0 Å². The second-order valence-electron chi connectivity index (χ2n) is 5.34. The van der Waals surface area contributed by atoms with Crippen LogP contribution in [0.25, 0.3) is 10.6 Å². The first kappa shape index (κ1) is 14.9. The Morgan fingerprint density at radius 3 is 2.77 bits per heavy atom. The molecule has 0 radical (unpaired) electrons. The number of likely N-dealkylation sites (tertiary alicyclic amines) is 1. The largest absolute Gasteiger partial charge is 0.324 e. The molecule has 0 bridgehead atoms. The molecule has 2 aromatic heterocycles. The summed E-state index contributed by atoms with van der Waals surface area (Å²) in [6.45, 7) is 3.47. The summed E-state index contributed by atoms with van der Waals surface area (Å²) in [5.41, 5.74) is 1.39. The van der Waals surface area contributed by atoms with Crippen LogP contribution in [0.1, 0.15) is 18.5 Å². The summed E-state index contributed by atoms with van der Waals surface area (Å²) < 4.78 is 13.3. The highest BCUT2D eigenvalue weighted by Gasteiger charge is 2.25. The third-order valence-corrected chi connectivity index (χ3v) is 4.98. The number of carbonyl (C=O) groups is 1. The minimum absolute atomic E-state index is 0.00633. The highest BCUT2D eigenvalue weighted by Crippen LogP contribution is 2.34. The number of rotatable bonds is 2. The molecule has 0 unspecified atom stereocenters. The molecule has 1 fully saturated rings. The quantitative estimate of drug-likeness (QED) is 0.853. The van der Waals surface area contributed by atoms with Crippen LogP contribution in [0.15, 0.2) is 18.5 Å². The first-order valence-electron chi connectivity index (χ1n) is 7.17. The Balaban J connectivity index is 1.87. The van der Waals surface area contributed by atoms with Crippen LogP contribution >= 0.6 is 11.3 Å². The van der Waals surface area contributed by atoms with Gasteiger partial charge in [-0.2, -0.15) is 0 Å². The van der Waals surface area contributed by atoms with E-state index in [0.29, 0.717) is 10.6 Å². The van der Waals surface area contributed by atoms with E-state index >= 15 is 0 Å². The number of hydrogen-bond acceptors (Lipinski definition) is 4. The third kappa shape index (κ3) is 2.81. The number of urea groups is 1. The maximum Gasteiger partial charge on any atom is 0.324 e. The van der Waals surface area contributed by atoms with Crippen LogP contribution in [0.3, 0.4) is 0 Å². The van der Waals surface area contributed by atoms with E-state index in [1.165, 1.54) is 17.4 Å². The molecule has 2 amide bonds. The molecule has 3 rings (SSSR count). The molecule has 3 heterocycles. The zero-order chi connectivity index (χ0) is 15.7. The molecule has 5 nitrogen and oxygen atoms in total. The Morgan fingerprint density at radius 1 is 1.36 bits per heavy atom. The maximum absolute atomic E-state index is 13.3. The molecular formula is C15H17FN4OS. The van der Waals surface area contributed by atoms with Gasteiger partial charge in [0.1, 0.15) is 15.8 Å². The first-order valence-corrected chi connectivity index (χ1v) is 7.99. The van der Waals surface area contributed by atoms with Crippen LogP contribution in [0.4, 0.5) is 14.2 Å². The van der Waals surface area contributed by atoms with Gasteiger partial charge >= 0.3 is 6.03 Å². The van der Waals surface area contributed by atoms with E-state index in [9.17, 15) is 9.18 Å². The minimum atomic E-state index is -0.395. The van der Waals surface area contributed by atoms with Crippen LogP contribution in [0, 0.1) is 12.7 Å². The van der Waals surface area contributed by atoms with Crippen molar-refractivity contribution in [2.45, 2.75) is 19.8 Å². The Morgan fingerprint density at radius 2 is 2.09 bits per heavy atom. The second kappa shape index (κ2) is 6.00. The first-order chi connectivity index (χ1) is 10.6. The molecular weight excluding hydrogens is 303 g/mol. The van der Waals surface area contributed by atoms with Gasteiger partial charge in [0, 0.05) is 31.9 Å². The summed E-state index contributed by atoms with van der Waals surface area (Å²) in [4.78, 5) is 24.2. The summed E-state index contributed by atoms with van der Waals surface area (Å²) in [7, 11) is 1.76. The Bertz CT molecular complexity index is 697. The van der Waals surface area contributed by atoms with Crippen LogP contribution in [0.2, 0.25) is 0 Å². The standard InChI is InChI=1S/C15H17FN4OS/c1-10-14(19(2)15(21)20-5-3-4-6-20)22-13(18-10)11-7-12(16)9-17-8-11/h7-9H,3-6H2,1-2H3. The monoisotopic (exact) mass is 320 g/mol. The number of aryl methyl sites for hydroxylation is 1. The van der Waals surface area contributed by atoms with Crippen molar-refractivity contribution in [2.75, 3.05) is 25.0 Å². The molecule has 1 aliphatic heterocycles. The zero-order valence-corrected chi connectivity index (χ0v) is 13.4. The van der Waals surface area contributed by atoms with E-state index < -0.39 is 5.82 Å². The fraction of sp³-hybridized carbons (Fsp3) is 0.400. The van der Waals surface area contributed by atoms with Crippen molar-refractivity contribution in [3.8, 4) is 10.6 Å². The van der Waals surface area contributed by atoms with Crippen LogP contribution < -0.4 is 4.90 Å². The zero-order valence-electron chi connectivity index (χ0n) is 12.5. The smallest absolute Gasteiger partial charge is 0.324 e. The van der Waals surface area contributed by atoms with Crippen LogP contribution in [0.5, 0.6) is 0 Å². The fourth-order valence-electron chi connectivity index (χ4n) is 2.56. The number of amides is 2. The number of pyridine rings is 1. The van der Waals surface area contributed by atoms with E-state index in [-0.39, 0.29) is 6.03 Å². The number of thiazole rings is 1. The summed E-state index contributed by atoms with van der Waals surface area (Å²) in [6.07, 6.45) is 4.85. The SMILES string of the molecule is Cc1nc(-c2cncc(F)c2)sc1N(C)C(=O)N1CCCC1. The molecule has 0 atom stereocenters. The lowest BCUT2D eigenvalue weighted by Gasteiger charge is -2.23. The molecule has 1 aliphatic rings. The van der Waals surface area contributed by atoms with E-state index in [1.807, 2.05) is 11.8 Å². The minimum Gasteiger partial charge on any atom is -0.324 e. The molecule has 0 aliphatic carbocycles. The number of nitrogens with zero attached hydrogens (tertiary/aromatic N) is 4. The van der Waals surface area contributed by atoms with E-state index in [2.05, 4.69) is 9.97 Å². The number of halogens is 1. The van der Waals surface area contributed by atoms with Gasteiger partial charge in [0.2, 0.25) is 0 Å². The maximum atomic E-state index is 13.3. The summed E-state index contributed by atoms with van der Waals surface area (Å²) in [5, 5.41) is 1.46. The van der Waals surface area contributed by atoms with Crippen molar-refractivity contribution in [2.24, 2.45) is 0 Å². The predicted molar refractivity (Wildman–Crippen MR) is 84.6 cm³/mol. The highest BCUT2D eigenvalue weighted by molar-refractivity contribution is 7.19. The molecule has 0 N–H and O–H groups in total. The summed E-state index contributed by atoms with van der Waals surface area (Å²) >= 11 is 1.38. The van der Waals surface area contributed by atoms with E-state index in [0.717, 1.165) is 42.8 Å². The number of hydrogen-bond donors (Lipinski definition) is 0. The summed E-state index contributed by atoms with van der Waals surface area (Å²) in [5.74, 6) is -0.395. The predicted octanol–water partition coefficient (Wildman–Crippen LogP) is 3.30. The van der Waals surface area contributed by atoms with E-state index in [4.69, 9.17) is 0 Å². The van der Waals surface area contributed by atoms with Crippen molar-refractivity contribution in [1.82, 2.24) is 14.9 Å². The molecule has 22 heavy (non-hydrogen) atoms. The van der Waals surface area contributed by atoms with Crippen molar-refractivity contribution >= 4 is 22.4 Å². The van der Waals surface area contributed by atoms with Crippen molar-refractivity contribution < 1.29 is 9.18 Å². The Hall–Kier alpha value is -2.02. The highest BCUT2D eigenvalue weighted by atomic mass is 32.1. The fourth-order valence-corrected chi connectivity index (χ4v) is 3.56. The average Bonchev–Trinajstić information content (AvgIpc) is 3.15. The van der Waals surface area contributed by atoms with Gasteiger partial charge in [-0.25, -0.2) is 14.2 Å². The van der Waals surface area contributed by atoms with E-state index in [1.54, 1.807) is 18.1 Å². The molecule has 1 saturated heterocycles. The van der Waals surface area contributed by atoms with Crippen molar-refractivity contribution in [1.29, 1.82) is 0 Å². The third-order valence-electron chi connectivity index (χ3n) is 3.69. The molecule has 7 heteroatoms. The molecule has 0 saturated carbocycles. The molecule has 116 valence electrons. The van der Waals surface area contributed by atoms with Gasteiger partial charge in [-0.1, -0.05) is 11.3 Å².